The van der Waals surface area contributed by atoms with Crippen LogP contribution in [0.25, 0.3) is 0 Å². The van der Waals surface area contributed by atoms with Gasteiger partial charge in [-0.2, -0.15) is 0 Å². The molecule has 0 aliphatic heterocycles. The zero-order valence-corrected chi connectivity index (χ0v) is 14.9. The number of ether oxygens (including phenoxy) is 1. The molecule has 0 radical (unpaired) electrons. The van der Waals surface area contributed by atoms with Gasteiger partial charge in [0, 0.05) is 24.5 Å². The maximum Gasteiger partial charge on any atom is 0.265 e. The van der Waals surface area contributed by atoms with Gasteiger partial charge in [0.25, 0.3) is 5.91 Å². The molecule has 0 saturated carbocycles. The summed E-state index contributed by atoms with van der Waals surface area (Å²) in [5, 5.41) is 2.95. The number of amides is 1. The van der Waals surface area contributed by atoms with Gasteiger partial charge < -0.3 is 15.0 Å². The van der Waals surface area contributed by atoms with Crippen LogP contribution in [-0.2, 0) is 4.79 Å². The van der Waals surface area contributed by atoms with Gasteiger partial charge in [0.05, 0.1) is 0 Å². The summed E-state index contributed by atoms with van der Waals surface area (Å²) < 4.78 is 5.66. The first-order valence-corrected chi connectivity index (χ1v) is 8.43. The normalized spacial score (nSPS) is 11.7. The van der Waals surface area contributed by atoms with Crippen molar-refractivity contribution >= 4 is 17.3 Å². The maximum atomic E-state index is 12.4. The molecule has 1 unspecified atom stereocenters. The number of benzene rings is 2. The Morgan fingerprint density at radius 3 is 2.38 bits per heavy atom. The Bertz CT molecular complexity index is 667. The highest BCUT2D eigenvalue weighted by molar-refractivity contribution is 5.95. The van der Waals surface area contributed by atoms with Crippen LogP contribution in [0, 0.1) is 6.92 Å². The Hall–Kier alpha value is -2.49. The molecule has 4 heteroatoms. The molecule has 1 amide bonds. The summed E-state index contributed by atoms with van der Waals surface area (Å²) in [6.45, 7) is 9.95. The minimum absolute atomic E-state index is 0.155. The molecule has 24 heavy (non-hydrogen) atoms. The van der Waals surface area contributed by atoms with Gasteiger partial charge in [-0.05, 0) is 63.6 Å². The molecule has 0 aliphatic rings. The standard InChI is InChI=1S/C20H26N2O2/c1-5-22(6-2)17-12-13-19(15(3)14-17)21-20(23)16(4)24-18-10-8-7-9-11-18/h7-14,16H,5-6H2,1-4H3,(H,21,23). The number of anilines is 2. The monoisotopic (exact) mass is 326 g/mol. The molecule has 2 aromatic rings. The number of aryl methyl sites for hydroxylation is 1. The van der Waals surface area contributed by atoms with Gasteiger partial charge in [0.15, 0.2) is 6.10 Å². The highest BCUT2D eigenvalue weighted by Gasteiger charge is 2.16. The van der Waals surface area contributed by atoms with E-state index in [1.54, 1.807) is 6.92 Å². The van der Waals surface area contributed by atoms with Crippen LogP contribution in [0.15, 0.2) is 48.5 Å². The number of rotatable bonds is 7. The van der Waals surface area contributed by atoms with E-state index < -0.39 is 6.10 Å². The molecular weight excluding hydrogens is 300 g/mol. The lowest BCUT2D eigenvalue weighted by Crippen LogP contribution is -2.30. The van der Waals surface area contributed by atoms with Crippen molar-refractivity contribution in [3.8, 4) is 5.75 Å². The molecule has 1 N–H and O–H groups in total. The van der Waals surface area contributed by atoms with Crippen LogP contribution in [0.2, 0.25) is 0 Å². The number of para-hydroxylation sites is 1. The molecule has 0 bridgehead atoms. The molecule has 128 valence electrons. The van der Waals surface area contributed by atoms with Crippen LogP contribution in [0.3, 0.4) is 0 Å². The van der Waals surface area contributed by atoms with Gasteiger partial charge in [0.1, 0.15) is 5.75 Å². The summed E-state index contributed by atoms with van der Waals surface area (Å²) in [6.07, 6.45) is -0.561. The molecule has 0 spiro atoms. The first kappa shape index (κ1) is 17.9. The lowest BCUT2D eigenvalue weighted by molar-refractivity contribution is -0.122. The van der Waals surface area contributed by atoms with Gasteiger partial charge >= 0.3 is 0 Å². The predicted molar refractivity (Wildman–Crippen MR) is 99.9 cm³/mol. The Balaban J connectivity index is 2.03. The van der Waals surface area contributed by atoms with E-state index in [2.05, 4.69) is 30.1 Å². The molecular formula is C20H26N2O2. The number of nitrogens with one attached hydrogen (secondary N) is 1. The molecule has 0 fully saturated rings. The van der Waals surface area contributed by atoms with Crippen LogP contribution < -0.4 is 15.0 Å². The molecule has 0 heterocycles. The van der Waals surface area contributed by atoms with Crippen LogP contribution >= 0.6 is 0 Å². The zero-order valence-electron chi connectivity index (χ0n) is 14.9. The number of hydrogen-bond donors (Lipinski definition) is 1. The zero-order chi connectivity index (χ0) is 17.5. The topological polar surface area (TPSA) is 41.6 Å². The highest BCUT2D eigenvalue weighted by atomic mass is 16.5. The SMILES string of the molecule is CCN(CC)c1ccc(NC(=O)C(C)Oc2ccccc2)c(C)c1. The quantitative estimate of drug-likeness (QED) is 0.827. The van der Waals surface area contributed by atoms with E-state index >= 15 is 0 Å². The summed E-state index contributed by atoms with van der Waals surface area (Å²) in [5.41, 5.74) is 3.03. The Kier molecular flexibility index (Phi) is 6.24. The summed E-state index contributed by atoms with van der Waals surface area (Å²) >= 11 is 0. The molecule has 2 rings (SSSR count). The second kappa shape index (κ2) is 8.39. The van der Waals surface area contributed by atoms with Crippen LogP contribution in [0.1, 0.15) is 26.3 Å². The molecule has 1 atom stereocenters. The first-order valence-electron chi connectivity index (χ1n) is 8.43. The first-order chi connectivity index (χ1) is 11.5. The molecule has 2 aromatic carbocycles. The minimum Gasteiger partial charge on any atom is -0.481 e. The van der Waals surface area contributed by atoms with Gasteiger partial charge in [-0.1, -0.05) is 18.2 Å². The Morgan fingerprint density at radius 1 is 1.12 bits per heavy atom. The lowest BCUT2D eigenvalue weighted by Gasteiger charge is -2.22. The van der Waals surface area contributed by atoms with E-state index in [4.69, 9.17) is 4.74 Å². The van der Waals surface area contributed by atoms with Crippen LogP contribution in [-0.4, -0.2) is 25.1 Å². The van der Waals surface area contributed by atoms with Crippen molar-refractivity contribution in [1.82, 2.24) is 0 Å². The van der Waals surface area contributed by atoms with Gasteiger partial charge in [-0.15, -0.1) is 0 Å². The molecule has 0 aromatic heterocycles. The summed E-state index contributed by atoms with van der Waals surface area (Å²) in [4.78, 5) is 14.6. The number of carbonyl (C=O) groups is 1. The van der Waals surface area contributed by atoms with E-state index in [0.29, 0.717) is 5.75 Å². The third-order valence-corrected chi connectivity index (χ3v) is 4.02. The van der Waals surface area contributed by atoms with Crippen LogP contribution in [0.5, 0.6) is 5.75 Å². The van der Waals surface area contributed by atoms with E-state index in [9.17, 15) is 4.79 Å². The van der Waals surface area contributed by atoms with Crippen molar-refractivity contribution in [1.29, 1.82) is 0 Å². The van der Waals surface area contributed by atoms with E-state index in [1.807, 2.05) is 49.4 Å². The molecule has 0 saturated heterocycles. The summed E-state index contributed by atoms with van der Waals surface area (Å²) in [6, 6.07) is 15.5. The Labute approximate surface area is 144 Å². The fourth-order valence-corrected chi connectivity index (χ4v) is 2.56. The van der Waals surface area contributed by atoms with Crippen molar-refractivity contribution in [2.75, 3.05) is 23.3 Å². The summed E-state index contributed by atoms with van der Waals surface area (Å²) in [7, 11) is 0. The van der Waals surface area contributed by atoms with E-state index in [-0.39, 0.29) is 5.91 Å². The van der Waals surface area contributed by atoms with E-state index in [0.717, 1.165) is 24.3 Å². The fraction of sp³-hybridized carbons (Fsp3) is 0.350. The van der Waals surface area contributed by atoms with Crippen molar-refractivity contribution in [2.45, 2.75) is 33.8 Å². The number of nitrogens with zero attached hydrogens (tertiary/aromatic N) is 1. The second-order valence-corrected chi connectivity index (χ2v) is 5.73. The fourth-order valence-electron chi connectivity index (χ4n) is 2.56. The van der Waals surface area contributed by atoms with Crippen molar-refractivity contribution < 1.29 is 9.53 Å². The summed E-state index contributed by atoms with van der Waals surface area (Å²) in [5.74, 6) is 0.534. The smallest absolute Gasteiger partial charge is 0.265 e. The third-order valence-electron chi connectivity index (χ3n) is 4.02. The predicted octanol–water partition coefficient (Wildman–Crippen LogP) is 4.25. The third kappa shape index (κ3) is 4.51. The highest BCUT2D eigenvalue weighted by Crippen LogP contribution is 2.23. The number of hydrogen-bond acceptors (Lipinski definition) is 3. The lowest BCUT2D eigenvalue weighted by atomic mass is 10.1. The van der Waals surface area contributed by atoms with Gasteiger partial charge in [-0.25, -0.2) is 0 Å². The van der Waals surface area contributed by atoms with Crippen LogP contribution in [0.4, 0.5) is 11.4 Å². The van der Waals surface area contributed by atoms with E-state index in [1.165, 1.54) is 5.69 Å². The van der Waals surface area contributed by atoms with Gasteiger partial charge in [-0.3, -0.25) is 4.79 Å². The molecule has 0 aliphatic carbocycles. The van der Waals surface area contributed by atoms with Crippen molar-refractivity contribution in [2.24, 2.45) is 0 Å². The Morgan fingerprint density at radius 2 is 1.79 bits per heavy atom. The largest absolute Gasteiger partial charge is 0.481 e. The second-order valence-electron chi connectivity index (χ2n) is 5.73. The average Bonchev–Trinajstić information content (AvgIpc) is 2.59. The number of carbonyl (C=O) groups excluding carboxylic acids is 1. The molecule has 4 nitrogen and oxygen atoms in total. The average molecular weight is 326 g/mol. The van der Waals surface area contributed by atoms with Gasteiger partial charge in [0.2, 0.25) is 0 Å². The minimum atomic E-state index is -0.561. The maximum absolute atomic E-state index is 12.4. The van der Waals surface area contributed by atoms with Crippen molar-refractivity contribution in [3.63, 3.8) is 0 Å². The van der Waals surface area contributed by atoms with Crippen molar-refractivity contribution in [3.05, 3.63) is 54.1 Å².